The highest BCUT2D eigenvalue weighted by Crippen LogP contribution is 2.42. The molecular weight excluding hydrogens is 280 g/mol. The van der Waals surface area contributed by atoms with Gasteiger partial charge in [0.1, 0.15) is 5.75 Å². The van der Waals surface area contributed by atoms with Crippen molar-refractivity contribution in [2.75, 3.05) is 24.0 Å². The normalized spacial score (nSPS) is 13.3. The van der Waals surface area contributed by atoms with Gasteiger partial charge in [-0.1, -0.05) is 18.2 Å². The number of methoxy groups -OCH3 is 1. The number of benzene rings is 2. The third-order valence-electron chi connectivity index (χ3n) is 3.79. The summed E-state index contributed by atoms with van der Waals surface area (Å²) < 4.78 is 5.25. The van der Waals surface area contributed by atoms with Crippen molar-refractivity contribution >= 4 is 23.3 Å². The maximum atomic E-state index is 12.7. The number of amides is 3. The molecule has 1 aliphatic rings. The van der Waals surface area contributed by atoms with Crippen molar-refractivity contribution in [2.45, 2.75) is 6.92 Å². The standard InChI is InChI=1S/C17H16N2O3/c1-11(20)19-15-7-5-4-6-13(15)14-9-8-12(22-3)10-16(14)18(2)17(19)21/h4-10H,1-3H3. The maximum absolute atomic E-state index is 12.7. The first-order chi connectivity index (χ1) is 10.5. The predicted molar refractivity (Wildman–Crippen MR) is 85.4 cm³/mol. The Morgan fingerprint density at radius 3 is 2.41 bits per heavy atom. The summed E-state index contributed by atoms with van der Waals surface area (Å²) >= 11 is 0. The van der Waals surface area contributed by atoms with Crippen LogP contribution in [0.25, 0.3) is 11.1 Å². The molecule has 0 unspecified atom stereocenters. The summed E-state index contributed by atoms with van der Waals surface area (Å²) in [4.78, 5) is 27.4. The van der Waals surface area contributed by atoms with Crippen LogP contribution in [-0.4, -0.2) is 26.1 Å². The van der Waals surface area contributed by atoms with Crippen LogP contribution in [0, 0.1) is 0 Å². The molecule has 22 heavy (non-hydrogen) atoms. The first-order valence-electron chi connectivity index (χ1n) is 6.90. The second-order valence-electron chi connectivity index (χ2n) is 5.10. The van der Waals surface area contributed by atoms with Crippen molar-refractivity contribution < 1.29 is 14.3 Å². The van der Waals surface area contributed by atoms with Crippen molar-refractivity contribution in [2.24, 2.45) is 0 Å². The van der Waals surface area contributed by atoms with Gasteiger partial charge in [0.15, 0.2) is 0 Å². The van der Waals surface area contributed by atoms with Gasteiger partial charge in [-0.3, -0.25) is 9.69 Å². The molecule has 112 valence electrons. The Morgan fingerprint density at radius 2 is 1.73 bits per heavy atom. The van der Waals surface area contributed by atoms with Gasteiger partial charge in [-0.15, -0.1) is 0 Å². The average molecular weight is 296 g/mol. The number of carbonyl (C=O) groups is 2. The van der Waals surface area contributed by atoms with Crippen LogP contribution in [-0.2, 0) is 4.79 Å². The lowest BCUT2D eigenvalue weighted by atomic mass is 10.0. The fourth-order valence-electron chi connectivity index (χ4n) is 2.70. The number of para-hydroxylation sites is 1. The molecule has 0 atom stereocenters. The first kappa shape index (κ1) is 14.1. The van der Waals surface area contributed by atoms with E-state index in [2.05, 4.69) is 0 Å². The van der Waals surface area contributed by atoms with Crippen LogP contribution >= 0.6 is 0 Å². The number of carbonyl (C=O) groups excluding carboxylic acids is 2. The van der Waals surface area contributed by atoms with Crippen LogP contribution in [0.5, 0.6) is 5.75 Å². The van der Waals surface area contributed by atoms with Crippen LogP contribution in [0.3, 0.4) is 0 Å². The Labute approximate surface area is 128 Å². The third kappa shape index (κ3) is 2.02. The molecule has 3 rings (SSSR count). The molecule has 0 saturated carbocycles. The number of nitrogens with zero attached hydrogens (tertiary/aromatic N) is 2. The lowest BCUT2D eigenvalue weighted by Gasteiger charge is -2.23. The largest absolute Gasteiger partial charge is 0.497 e. The summed E-state index contributed by atoms with van der Waals surface area (Å²) in [5.41, 5.74) is 3.03. The molecule has 0 aromatic heterocycles. The van der Waals surface area contributed by atoms with E-state index in [1.165, 1.54) is 16.7 Å². The second-order valence-corrected chi connectivity index (χ2v) is 5.10. The molecule has 5 nitrogen and oxygen atoms in total. The highest BCUT2D eigenvalue weighted by atomic mass is 16.5. The molecule has 5 heteroatoms. The fraction of sp³-hybridized carbons (Fsp3) is 0.176. The number of ether oxygens (including phenoxy) is 1. The minimum absolute atomic E-state index is 0.316. The number of urea groups is 1. The van der Waals surface area contributed by atoms with Gasteiger partial charge in [-0.25, -0.2) is 9.69 Å². The minimum Gasteiger partial charge on any atom is -0.497 e. The van der Waals surface area contributed by atoms with Crippen molar-refractivity contribution in [1.29, 1.82) is 0 Å². The van der Waals surface area contributed by atoms with Crippen molar-refractivity contribution in [3.8, 4) is 16.9 Å². The smallest absolute Gasteiger partial charge is 0.335 e. The molecule has 0 bridgehead atoms. The maximum Gasteiger partial charge on any atom is 0.335 e. The summed E-state index contributed by atoms with van der Waals surface area (Å²) in [5.74, 6) is 0.344. The van der Waals surface area contributed by atoms with Gasteiger partial charge in [0, 0.05) is 31.2 Å². The van der Waals surface area contributed by atoms with E-state index in [-0.39, 0.29) is 11.9 Å². The lowest BCUT2D eigenvalue weighted by molar-refractivity contribution is -0.115. The number of fused-ring (bicyclic) bond motifs is 3. The summed E-state index contributed by atoms with van der Waals surface area (Å²) in [7, 11) is 3.23. The zero-order valence-corrected chi connectivity index (χ0v) is 12.7. The molecule has 1 aliphatic heterocycles. The number of imide groups is 1. The van der Waals surface area contributed by atoms with Gasteiger partial charge in [0.2, 0.25) is 5.91 Å². The predicted octanol–water partition coefficient (Wildman–Crippen LogP) is 3.28. The Kier molecular flexibility index (Phi) is 3.33. The van der Waals surface area contributed by atoms with E-state index < -0.39 is 0 Å². The van der Waals surface area contributed by atoms with E-state index in [4.69, 9.17) is 4.74 Å². The van der Waals surface area contributed by atoms with Gasteiger partial charge < -0.3 is 4.74 Å². The molecule has 0 spiro atoms. The van der Waals surface area contributed by atoms with Crippen LogP contribution < -0.4 is 14.5 Å². The molecule has 0 fully saturated rings. The molecule has 2 aromatic rings. The zero-order chi connectivity index (χ0) is 15.9. The molecule has 0 saturated heterocycles. The molecule has 0 radical (unpaired) electrons. The Hall–Kier alpha value is -2.82. The lowest BCUT2D eigenvalue weighted by Crippen LogP contribution is -2.43. The molecule has 0 aliphatic carbocycles. The van der Waals surface area contributed by atoms with Gasteiger partial charge in [-0.2, -0.15) is 0 Å². The van der Waals surface area contributed by atoms with E-state index in [0.717, 1.165) is 11.1 Å². The zero-order valence-electron chi connectivity index (χ0n) is 12.7. The fourth-order valence-corrected chi connectivity index (χ4v) is 2.70. The number of anilines is 2. The highest BCUT2D eigenvalue weighted by molar-refractivity contribution is 6.22. The number of hydrogen-bond donors (Lipinski definition) is 0. The monoisotopic (exact) mass is 296 g/mol. The van der Waals surface area contributed by atoms with Crippen LogP contribution in [0.1, 0.15) is 6.92 Å². The van der Waals surface area contributed by atoms with Crippen molar-refractivity contribution in [3.63, 3.8) is 0 Å². The van der Waals surface area contributed by atoms with Gasteiger partial charge >= 0.3 is 6.03 Å². The van der Waals surface area contributed by atoms with Gasteiger partial charge in [0.25, 0.3) is 0 Å². The van der Waals surface area contributed by atoms with Crippen LogP contribution in [0.4, 0.5) is 16.2 Å². The second kappa shape index (κ2) is 5.18. The quantitative estimate of drug-likeness (QED) is 0.811. The topological polar surface area (TPSA) is 49.9 Å². The van der Waals surface area contributed by atoms with E-state index in [0.29, 0.717) is 17.1 Å². The summed E-state index contributed by atoms with van der Waals surface area (Å²) in [6, 6.07) is 12.6. The molecule has 2 aromatic carbocycles. The molecule has 3 amide bonds. The van der Waals surface area contributed by atoms with E-state index in [1.54, 1.807) is 26.3 Å². The van der Waals surface area contributed by atoms with Crippen molar-refractivity contribution in [3.05, 3.63) is 42.5 Å². The average Bonchev–Trinajstić information content (AvgIpc) is 2.62. The highest BCUT2D eigenvalue weighted by Gasteiger charge is 2.32. The Bertz CT molecular complexity index is 770. The van der Waals surface area contributed by atoms with E-state index >= 15 is 0 Å². The van der Waals surface area contributed by atoms with E-state index in [1.807, 2.05) is 30.3 Å². The molecular formula is C17H16N2O3. The Morgan fingerprint density at radius 1 is 1.05 bits per heavy atom. The van der Waals surface area contributed by atoms with Gasteiger partial charge in [-0.05, 0) is 18.2 Å². The Balaban J connectivity index is 2.33. The SMILES string of the molecule is COc1ccc2c(c1)N(C)C(=O)N(C(C)=O)c1ccccc1-2. The van der Waals surface area contributed by atoms with Crippen LogP contribution in [0.2, 0.25) is 0 Å². The summed E-state index contributed by atoms with van der Waals surface area (Å²) in [6.45, 7) is 1.39. The first-order valence-corrected chi connectivity index (χ1v) is 6.90. The third-order valence-corrected chi connectivity index (χ3v) is 3.79. The minimum atomic E-state index is -0.382. The van der Waals surface area contributed by atoms with Crippen molar-refractivity contribution in [1.82, 2.24) is 0 Å². The number of rotatable bonds is 1. The summed E-state index contributed by atoms with van der Waals surface area (Å²) in [6.07, 6.45) is 0. The molecule has 1 heterocycles. The van der Waals surface area contributed by atoms with Crippen LogP contribution in [0.15, 0.2) is 42.5 Å². The number of hydrogen-bond acceptors (Lipinski definition) is 3. The molecule has 0 N–H and O–H groups in total. The van der Waals surface area contributed by atoms with E-state index in [9.17, 15) is 9.59 Å². The van der Waals surface area contributed by atoms with Gasteiger partial charge in [0.05, 0.1) is 18.5 Å². The summed E-state index contributed by atoms with van der Waals surface area (Å²) in [5, 5.41) is 0.